The SMILES string of the molecule is Cc1ccc([N+](=O)[O-])c(OCC(O)COc2ccccc2)c1. The number of aliphatic hydroxyl groups is 1. The molecule has 6 heteroatoms. The van der Waals surface area contributed by atoms with Crippen LogP contribution in [0, 0.1) is 17.0 Å². The Kier molecular flexibility index (Phi) is 5.32. The van der Waals surface area contributed by atoms with Crippen molar-refractivity contribution in [3.8, 4) is 11.5 Å². The largest absolute Gasteiger partial charge is 0.491 e. The van der Waals surface area contributed by atoms with Gasteiger partial charge in [-0.1, -0.05) is 24.3 Å². The quantitative estimate of drug-likeness (QED) is 0.628. The molecule has 0 aliphatic rings. The van der Waals surface area contributed by atoms with E-state index in [2.05, 4.69) is 0 Å². The Morgan fingerprint density at radius 1 is 1.14 bits per heavy atom. The Labute approximate surface area is 128 Å². The van der Waals surface area contributed by atoms with Gasteiger partial charge in [0.05, 0.1) is 4.92 Å². The van der Waals surface area contributed by atoms with Gasteiger partial charge >= 0.3 is 5.69 Å². The molecular weight excluding hydrogens is 286 g/mol. The van der Waals surface area contributed by atoms with E-state index in [0.717, 1.165) is 5.56 Å². The Morgan fingerprint density at radius 2 is 1.82 bits per heavy atom. The lowest BCUT2D eigenvalue weighted by atomic mass is 10.2. The van der Waals surface area contributed by atoms with Crippen molar-refractivity contribution in [2.45, 2.75) is 13.0 Å². The first kappa shape index (κ1) is 15.8. The molecule has 2 rings (SSSR count). The van der Waals surface area contributed by atoms with Crippen molar-refractivity contribution in [2.75, 3.05) is 13.2 Å². The topological polar surface area (TPSA) is 81.8 Å². The molecule has 0 radical (unpaired) electrons. The molecule has 2 aromatic carbocycles. The van der Waals surface area contributed by atoms with Gasteiger partial charge in [-0.3, -0.25) is 10.1 Å². The first-order chi connectivity index (χ1) is 10.6. The molecule has 0 aromatic heterocycles. The van der Waals surface area contributed by atoms with Gasteiger partial charge in [0.15, 0.2) is 5.75 Å². The normalized spacial score (nSPS) is 11.7. The zero-order valence-electron chi connectivity index (χ0n) is 12.1. The second kappa shape index (κ2) is 7.42. The van der Waals surface area contributed by atoms with E-state index in [1.807, 2.05) is 25.1 Å². The number of para-hydroxylation sites is 1. The molecule has 0 bridgehead atoms. The molecule has 0 amide bonds. The monoisotopic (exact) mass is 303 g/mol. The fourth-order valence-corrected chi connectivity index (χ4v) is 1.83. The smallest absolute Gasteiger partial charge is 0.310 e. The summed E-state index contributed by atoms with van der Waals surface area (Å²) in [6, 6.07) is 13.7. The summed E-state index contributed by atoms with van der Waals surface area (Å²) in [6.07, 6.45) is -0.889. The van der Waals surface area contributed by atoms with Crippen molar-refractivity contribution in [3.05, 3.63) is 64.2 Å². The van der Waals surface area contributed by atoms with E-state index in [4.69, 9.17) is 9.47 Å². The first-order valence-corrected chi connectivity index (χ1v) is 6.80. The van der Waals surface area contributed by atoms with Crippen LogP contribution in [-0.2, 0) is 0 Å². The Hall–Kier alpha value is -2.60. The van der Waals surface area contributed by atoms with Gasteiger partial charge in [-0.15, -0.1) is 0 Å². The summed E-state index contributed by atoms with van der Waals surface area (Å²) >= 11 is 0. The molecule has 22 heavy (non-hydrogen) atoms. The van der Waals surface area contributed by atoms with Crippen molar-refractivity contribution < 1.29 is 19.5 Å². The van der Waals surface area contributed by atoms with E-state index < -0.39 is 11.0 Å². The van der Waals surface area contributed by atoms with Crippen LogP contribution in [-0.4, -0.2) is 29.3 Å². The van der Waals surface area contributed by atoms with Crippen molar-refractivity contribution in [3.63, 3.8) is 0 Å². The number of nitrogens with zero attached hydrogens (tertiary/aromatic N) is 1. The molecule has 116 valence electrons. The van der Waals surface area contributed by atoms with Gasteiger partial charge in [-0.05, 0) is 30.7 Å². The molecule has 6 nitrogen and oxygen atoms in total. The molecule has 0 aliphatic carbocycles. The number of rotatable bonds is 7. The molecule has 0 aliphatic heterocycles. The van der Waals surface area contributed by atoms with Gasteiger partial charge in [0, 0.05) is 6.07 Å². The Balaban J connectivity index is 1.89. The lowest BCUT2D eigenvalue weighted by Crippen LogP contribution is -2.25. The van der Waals surface area contributed by atoms with E-state index in [-0.39, 0.29) is 24.7 Å². The van der Waals surface area contributed by atoms with Crippen LogP contribution in [0.1, 0.15) is 5.56 Å². The van der Waals surface area contributed by atoms with Crippen LogP contribution < -0.4 is 9.47 Å². The maximum absolute atomic E-state index is 10.9. The number of aliphatic hydroxyl groups excluding tert-OH is 1. The molecule has 0 fully saturated rings. The van der Waals surface area contributed by atoms with E-state index in [9.17, 15) is 15.2 Å². The minimum atomic E-state index is -0.889. The minimum absolute atomic E-state index is 0.0453. The fourth-order valence-electron chi connectivity index (χ4n) is 1.83. The van der Waals surface area contributed by atoms with Gasteiger partial charge in [-0.2, -0.15) is 0 Å². The summed E-state index contributed by atoms with van der Waals surface area (Å²) in [7, 11) is 0. The molecule has 0 saturated heterocycles. The van der Waals surface area contributed by atoms with Crippen LogP contribution in [0.2, 0.25) is 0 Å². The predicted octanol–water partition coefficient (Wildman–Crippen LogP) is 2.72. The first-order valence-electron chi connectivity index (χ1n) is 6.80. The molecular formula is C16H17NO5. The number of aryl methyl sites for hydroxylation is 1. The zero-order valence-corrected chi connectivity index (χ0v) is 12.1. The third kappa shape index (κ3) is 4.46. The highest BCUT2D eigenvalue weighted by Gasteiger charge is 2.16. The average molecular weight is 303 g/mol. The number of hydrogen-bond donors (Lipinski definition) is 1. The summed E-state index contributed by atoms with van der Waals surface area (Å²) in [5.74, 6) is 0.784. The van der Waals surface area contributed by atoms with Crippen LogP contribution in [0.4, 0.5) is 5.69 Å². The number of nitro benzene ring substituents is 1. The highest BCUT2D eigenvalue weighted by molar-refractivity contribution is 5.48. The van der Waals surface area contributed by atoms with E-state index in [1.54, 1.807) is 24.3 Å². The lowest BCUT2D eigenvalue weighted by molar-refractivity contribution is -0.385. The maximum Gasteiger partial charge on any atom is 0.310 e. The van der Waals surface area contributed by atoms with Gasteiger partial charge < -0.3 is 14.6 Å². The van der Waals surface area contributed by atoms with Crippen molar-refractivity contribution in [2.24, 2.45) is 0 Å². The number of hydrogen-bond acceptors (Lipinski definition) is 5. The standard InChI is InChI=1S/C16H17NO5/c1-12-7-8-15(17(19)20)16(9-12)22-11-13(18)10-21-14-5-3-2-4-6-14/h2-9,13,18H,10-11H2,1H3. The number of ether oxygens (including phenoxy) is 2. The second-order valence-corrected chi connectivity index (χ2v) is 4.82. The minimum Gasteiger partial charge on any atom is -0.491 e. The van der Waals surface area contributed by atoms with Gasteiger partial charge in [-0.25, -0.2) is 0 Å². The predicted molar refractivity (Wildman–Crippen MR) is 81.3 cm³/mol. The molecule has 1 N–H and O–H groups in total. The van der Waals surface area contributed by atoms with E-state index >= 15 is 0 Å². The maximum atomic E-state index is 10.9. The summed E-state index contributed by atoms with van der Waals surface area (Å²) in [6.45, 7) is 1.77. The highest BCUT2D eigenvalue weighted by atomic mass is 16.6. The van der Waals surface area contributed by atoms with Crippen molar-refractivity contribution in [1.29, 1.82) is 0 Å². The molecule has 1 unspecified atom stereocenters. The number of nitro groups is 1. The zero-order chi connectivity index (χ0) is 15.9. The van der Waals surface area contributed by atoms with Crippen LogP contribution in [0.3, 0.4) is 0 Å². The van der Waals surface area contributed by atoms with Gasteiger partial charge in [0.2, 0.25) is 0 Å². The fraction of sp³-hybridized carbons (Fsp3) is 0.250. The highest BCUT2D eigenvalue weighted by Crippen LogP contribution is 2.27. The summed E-state index contributed by atoms with van der Waals surface area (Å²) in [4.78, 5) is 10.4. The van der Waals surface area contributed by atoms with Crippen molar-refractivity contribution >= 4 is 5.69 Å². The molecule has 0 heterocycles. The van der Waals surface area contributed by atoms with Gasteiger partial charge in [0.1, 0.15) is 25.1 Å². The molecule has 0 spiro atoms. The molecule has 0 saturated carbocycles. The van der Waals surface area contributed by atoms with Gasteiger partial charge in [0.25, 0.3) is 0 Å². The number of benzene rings is 2. The van der Waals surface area contributed by atoms with Crippen LogP contribution in [0.25, 0.3) is 0 Å². The van der Waals surface area contributed by atoms with Crippen molar-refractivity contribution in [1.82, 2.24) is 0 Å². The third-order valence-corrected chi connectivity index (χ3v) is 2.93. The second-order valence-electron chi connectivity index (χ2n) is 4.82. The van der Waals surface area contributed by atoms with Crippen LogP contribution >= 0.6 is 0 Å². The summed E-state index contributed by atoms with van der Waals surface area (Å²) in [5, 5.41) is 20.8. The lowest BCUT2D eigenvalue weighted by Gasteiger charge is -2.14. The Morgan fingerprint density at radius 3 is 2.50 bits per heavy atom. The van der Waals surface area contributed by atoms with Crippen LogP contribution in [0.15, 0.2) is 48.5 Å². The average Bonchev–Trinajstić information content (AvgIpc) is 2.51. The Bertz CT molecular complexity index is 630. The molecule has 2 aromatic rings. The molecule has 1 atom stereocenters. The van der Waals surface area contributed by atoms with E-state index in [1.165, 1.54) is 6.07 Å². The summed E-state index contributed by atoms with van der Waals surface area (Å²) in [5.41, 5.74) is 0.720. The third-order valence-electron chi connectivity index (χ3n) is 2.93. The summed E-state index contributed by atoms with van der Waals surface area (Å²) < 4.78 is 10.8. The van der Waals surface area contributed by atoms with Crippen LogP contribution in [0.5, 0.6) is 11.5 Å². The van der Waals surface area contributed by atoms with E-state index in [0.29, 0.717) is 5.75 Å².